The SMILES string of the molecule is Cc1cc(/C(O)=C2/C(=O)C(=O)N(c3ccc(Cl)cc3)C2c2ccccc2)ccc1Br. The first-order valence-electron chi connectivity index (χ1n) is 9.26. The predicted molar refractivity (Wildman–Crippen MR) is 122 cm³/mol. The first-order valence-corrected chi connectivity index (χ1v) is 10.4. The molecular formula is C24H17BrClNO3. The molecule has 1 saturated heterocycles. The van der Waals surface area contributed by atoms with Crippen LogP contribution in [0.1, 0.15) is 22.7 Å². The van der Waals surface area contributed by atoms with Crippen molar-refractivity contribution in [3.05, 3.63) is 105 Å². The molecule has 1 unspecified atom stereocenters. The molecule has 3 aromatic rings. The number of carbonyl (C=O) groups excluding carboxylic acids is 2. The van der Waals surface area contributed by atoms with Gasteiger partial charge in [-0.25, -0.2) is 0 Å². The summed E-state index contributed by atoms with van der Waals surface area (Å²) < 4.78 is 0.889. The number of aryl methyl sites for hydroxylation is 1. The van der Waals surface area contributed by atoms with Crippen LogP contribution in [0.3, 0.4) is 0 Å². The van der Waals surface area contributed by atoms with E-state index in [2.05, 4.69) is 15.9 Å². The van der Waals surface area contributed by atoms with Crippen LogP contribution in [-0.4, -0.2) is 16.8 Å². The summed E-state index contributed by atoms with van der Waals surface area (Å²) in [4.78, 5) is 27.5. The van der Waals surface area contributed by atoms with Crippen LogP contribution in [-0.2, 0) is 9.59 Å². The quantitative estimate of drug-likeness (QED) is 0.281. The van der Waals surface area contributed by atoms with E-state index in [1.807, 2.05) is 37.3 Å². The van der Waals surface area contributed by atoms with E-state index >= 15 is 0 Å². The molecule has 0 bridgehead atoms. The van der Waals surface area contributed by atoms with Crippen molar-refractivity contribution in [1.82, 2.24) is 0 Å². The number of rotatable bonds is 3. The summed E-state index contributed by atoms with van der Waals surface area (Å²) in [5.74, 6) is -1.62. The molecule has 0 saturated carbocycles. The minimum Gasteiger partial charge on any atom is -0.507 e. The number of aliphatic hydroxyl groups excluding tert-OH is 1. The number of anilines is 1. The molecule has 1 aliphatic rings. The van der Waals surface area contributed by atoms with Crippen LogP contribution in [0.15, 0.2) is 82.8 Å². The van der Waals surface area contributed by atoms with Gasteiger partial charge in [-0.2, -0.15) is 0 Å². The largest absolute Gasteiger partial charge is 0.507 e. The second-order valence-corrected chi connectivity index (χ2v) is 8.31. The molecule has 4 rings (SSSR count). The van der Waals surface area contributed by atoms with Crippen molar-refractivity contribution in [3.63, 3.8) is 0 Å². The second-order valence-electron chi connectivity index (χ2n) is 7.02. The third-order valence-electron chi connectivity index (χ3n) is 5.10. The summed E-state index contributed by atoms with van der Waals surface area (Å²) in [5.41, 5.74) is 2.69. The number of hydrogen-bond donors (Lipinski definition) is 1. The van der Waals surface area contributed by atoms with E-state index in [0.29, 0.717) is 16.3 Å². The van der Waals surface area contributed by atoms with Crippen LogP contribution in [0.5, 0.6) is 0 Å². The number of Topliss-reactive ketones (excluding diaryl/α,β-unsaturated/α-hetero) is 1. The van der Waals surface area contributed by atoms with Gasteiger partial charge in [0, 0.05) is 20.7 Å². The summed E-state index contributed by atoms with van der Waals surface area (Å²) in [6, 6.07) is 20.4. The lowest BCUT2D eigenvalue weighted by Crippen LogP contribution is -2.29. The lowest BCUT2D eigenvalue weighted by atomic mass is 9.95. The second kappa shape index (κ2) is 8.09. The zero-order chi connectivity index (χ0) is 21.4. The standard InChI is InChI=1S/C24H17BrClNO3/c1-14-13-16(7-12-19(14)25)22(28)20-21(15-5-3-2-4-6-15)27(24(30)23(20)29)18-10-8-17(26)9-11-18/h2-13,21,28H,1H3/b22-20-. The lowest BCUT2D eigenvalue weighted by molar-refractivity contribution is -0.132. The van der Waals surface area contributed by atoms with Crippen LogP contribution in [0.4, 0.5) is 5.69 Å². The topological polar surface area (TPSA) is 57.6 Å². The highest BCUT2D eigenvalue weighted by atomic mass is 79.9. The van der Waals surface area contributed by atoms with E-state index in [1.165, 1.54) is 4.90 Å². The summed E-state index contributed by atoms with van der Waals surface area (Å²) in [7, 11) is 0. The van der Waals surface area contributed by atoms with E-state index in [-0.39, 0.29) is 11.3 Å². The highest BCUT2D eigenvalue weighted by Crippen LogP contribution is 2.42. The molecule has 0 spiro atoms. The van der Waals surface area contributed by atoms with Gasteiger partial charge >= 0.3 is 0 Å². The highest BCUT2D eigenvalue weighted by molar-refractivity contribution is 9.10. The molecule has 0 aliphatic carbocycles. The van der Waals surface area contributed by atoms with E-state index in [0.717, 1.165) is 15.6 Å². The van der Waals surface area contributed by atoms with Gasteiger partial charge in [-0.3, -0.25) is 14.5 Å². The van der Waals surface area contributed by atoms with Crippen molar-refractivity contribution in [2.45, 2.75) is 13.0 Å². The Hall–Kier alpha value is -2.89. The summed E-state index contributed by atoms with van der Waals surface area (Å²) in [5, 5.41) is 11.6. The molecule has 150 valence electrons. The van der Waals surface area contributed by atoms with Crippen LogP contribution in [0.25, 0.3) is 5.76 Å². The minimum absolute atomic E-state index is 0.0582. The molecule has 0 aromatic heterocycles. The Morgan fingerprint density at radius 1 is 1.00 bits per heavy atom. The zero-order valence-electron chi connectivity index (χ0n) is 16.0. The van der Waals surface area contributed by atoms with Gasteiger partial charge in [0.05, 0.1) is 11.6 Å². The number of amides is 1. The number of aliphatic hydroxyl groups is 1. The van der Waals surface area contributed by atoms with Gasteiger partial charge in [-0.1, -0.05) is 63.9 Å². The van der Waals surface area contributed by atoms with E-state index in [4.69, 9.17) is 11.6 Å². The Morgan fingerprint density at radius 3 is 2.30 bits per heavy atom. The first kappa shape index (κ1) is 20.4. The van der Waals surface area contributed by atoms with E-state index in [1.54, 1.807) is 42.5 Å². The Kier molecular flexibility index (Phi) is 5.50. The fourth-order valence-electron chi connectivity index (χ4n) is 3.60. The molecule has 1 amide bonds. The number of halogens is 2. The molecule has 4 nitrogen and oxygen atoms in total. The number of ketones is 1. The fraction of sp³-hybridized carbons (Fsp3) is 0.0833. The third-order valence-corrected chi connectivity index (χ3v) is 6.24. The molecule has 0 radical (unpaired) electrons. The minimum atomic E-state index is -0.753. The van der Waals surface area contributed by atoms with Crippen LogP contribution in [0.2, 0.25) is 5.02 Å². The number of carbonyl (C=O) groups is 2. The molecule has 6 heteroatoms. The normalized spacial score (nSPS) is 18.1. The Labute approximate surface area is 187 Å². The highest BCUT2D eigenvalue weighted by Gasteiger charge is 2.46. The smallest absolute Gasteiger partial charge is 0.300 e. The first-order chi connectivity index (χ1) is 14.4. The van der Waals surface area contributed by atoms with Crippen LogP contribution in [0, 0.1) is 6.92 Å². The molecule has 30 heavy (non-hydrogen) atoms. The Morgan fingerprint density at radius 2 is 1.67 bits per heavy atom. The molecule has 1 N–H and O–H groups in total. The Bertz CT molecular complexity index is 1170. The van der Waals surface area contributed by atoms with Crippen LogP contribution >= 0.6 is 27.5 Å². The average molecular weight is 483 g/mol. The summed E-state index contributed by atoms with van der Waals surface area (Å²) >= 11 is 9.44. The molecule has 1 aliphatic heterocycles. The van der Waals surface area contributed by atoms with Gasteiger partial charge in [-0.15, -0.1) is 0 Å². The molecular weight excluding hydrogens is 466 g/mol. The van der Waals surface area contributed by atoms with Crippen molar-refractivity contribution < 1.29 is 14.7 Å². The molecule has 1 fully saturated rings. The molecule has 1 atom stereocenters. The third kappa shape index (κ3) is 3.55. The number of nitrogens with zero attached hydrogens (tertiary/aromatic N) is 1. The van der Waals surface area contributed by atoms with Crippen molar-refractivity contribution in [2.75, 3.05) is 4.90 Å². The lowest BCUT2D eigenvalue weighted by Gasteiger charge is -2.25. The van der Waals surface area contributed by atoms with Gasteiger partial charge in [0.2, 0.25) is 0 Å². The van der Waals surface area contributed by atoms with E-state index < -0.39 is 17.7 Å². The van der Waals surface area contributed by atoms with Crippen molar-refractivity contribution in [1.29, 1.82) is 0 Å². The zero-order valence-corrected chi connectivity index (χ0v) is 18.3. The van der Waals surface area contributed by atoms with Crippen LogP contribution < -0.4 is 4.90 Å². The fourth-order valence-corrected chi connectivity index (χ4v) is 3.97. The number of hydrogen-bond acceptors (Lipinski definition) is 3. The van der Waals surface area contributed by atoms with Gasteiger partial charge in [0.25, 0.3) is 11.7 Å². The predicted octanol–water partition coefficient (Wildman–Crippen LogP) is 6.04. The maximum Gasteiger partial charge on any atom is 0.300 e. The number of benzene rings is 3. The Balaban J connectivity index is 1.94. The van der Waals surface area contributed by atoms with Crippen molar-refractivity contribution in [3.8, 4) is 0 Å². The van der Waals surface area contributed by atoms with E-state index in [9.17, 15) is 14.7 Å². The monoisotopic (exact) mass is 481 g/mol. The van der Waals surface area contributed by atoms with Gasteiger partial charge < -0.3 is 5.11 Å². The van der Waals surface area contributed by atoms with Gasteiger partial charge in [0.1, 0.15) is 5.76 Å². The van der Waals surface area contributed by atoms with Gasteiger partial charge in [0.15, 0.2) is 0 Å². The summed E-state index contributed by atoms with van der Waals surface area (Å²) in [6.45, 7) is 1.89. The van der Waals surface area contributed by atoms with Gasteiger partial charge in [-0.05, 0) is 54.4 Å². The molecule has 3 aromatic carbocycles. The van der Waals surface area contributed by atoms with Crippen molar-refractivity contribution >= 4 is 50.7 Å². The summed E-state index contributed by atoms with van der Waals surface area (Å²) in [6.07, 6.45) is 0. The average Bonchev–Trinajstić information content (AvgIpc) is 3.02. The maximum atomic E-state index is 13.1. The maximum absolute atomic E-state index is 13.1. The van der Waals surface area contributed by atoms with Crippen molar-refractivity contribution in [2.24, 2.45) is 0 Å². The molecule has 1 heterocycles.